The van der Waals surface area contributed by atoms with E-state index in [0.29, 0.717) is 23.6 Å². The van der Waals surface area contributed by atoms with Crippen molar-refractivity contribution in [3.05, 3.63) is 59.7 Å². The minimum Gasteiger partial charge on any atom is -0.452 e. The number of carbonyl (C=O) groups excluding carboxylic acids is 3. The van der Waals surface area contributed by atoms with E-state index < -0.39 is 5.97 Å². The highest BCUT2D eigenvalue weighted by atomic mass is 32.2. The summed E-state index contributed by atoms with van der Waals surface area (Å²) in [5.41, 5.74) is 2.15. The number of rotatable bonds is 9. The number of nitrogens with one attached hydrogen (secondary N) is 2. The molecule has 164 valence electrons. The molecule has 1 heterocycles. The number of carbonyl (C=O) groups is 3. The maximum atomic E-state index is 12.5. The van der Waals surface area contributed by atoms with Gasteiger partial charge in [-0.1, -0.05) is 29.8 Å². The molecular weight excluding hydrogens is 416 g/mol. The third-order valence-corrected chi connectivity index (χ3v) is 5.76. The lowest BCUT2D eigenvalue weighted by Crippen LogP contribution is -2.34. The van der Waals surface area contributed by atoms with Crippen LogP contribution in [0, 0.1) is 6.92 Å². The van der Waals surface area contributed by atoms with Gasteiger partial charge in [-0.25, -0.2) is 4.79 Å². The van der Waals surface area contributed by atoms with Crippen LogP contribution in [0.25, 0.3) is 0 Å². The minimum atomic E-state index is -0.602. The highest BCUT2D eigenvalue weighted by Crippen LogP contribution is 2.23. The van der Waals surface area contributed by atoms with E-state index in [1.807, 2.05) is 31.2 Å². The molecule has 1 fully saturated rings. The third kappa shape index (κ3) is 7.41. The number of benzene rings is 2. The molecule has 2 amide bonds. The second-order valence-corrected chi connectivity index (χ2v) is 8.23. The Hall–Kier alpha value is -2.84. The molecule has 0 bridgehead atoms. The van der Waals surface area contributed by atoms with E-state index in [0.717, 1.165) is 24.1 Å². The van der Waals surface area contributed by atoms with Crippen molar-refractivity contribution in [3.63, 3.8) is 0 Å². The Bertz CT molecular complexity index is 910. The summed E-state index contributed by atoms with van der Waals surface area (Å²) >= 11 is 1.24. The van der Waals surface area contributed by atoms with Gasteiger partial charge in [0.05, 0.1) is 17.4 Å². The van der Waals surface area contributed by atoms with Crippen molar-refractivity contribution in [3.8, 4) is 0 Å². The molecule has 3 rings (SSSR count). The van der Waals surface area contributed by atoms with E-state index in [9.17, 15) is 14.4 Å². The third-order valence-electron chi connectivity index (χ3n) is 4.69. The molecule has 2 aromatic rings. The summed E-state index contributed by atoms with van der Waals surface area (Å²) in [5.74, 6) is -1.01. The maximum Gasteiger partial charge on any atom is 0.339 e. The molecule has 0 spiro atoms. The van der Waals surface area contributed by atoms with E-state index in [1.54, 1.807) is 24.3 Å². The Morgan fingerprint density at radius 1 is 1.10 bits per heavy atom. The molecule has 31 heavy (non-hydrogen) atoms. The van der Waals surface area contributed by atoms with Crippen molar-refractivity contribution in [2.45, 2.75) is 30.8 Å². The molecule has 7 nitrogen and oxygen atoms in total. The predicted molar refractivity (Wildman–Crippen MR) is 119 cm³/mol. The topological polar surface area (TPSA) is 93.7 Å². The van der Waals surface area contributed by atoms with Crippen LogP contribution in [0.2, 0.25) is 0 Å². The average molecular weight is 443 g/mol. The number of ether oxygens (including phenoxy) is 2. The summed E-state index contributed by atoms with van der Waals surface area (Å²) in [4.78, 5) is 37.2. The van der Waals surface area contributed by atoms with E-state index in [1.165, 1.54) is 11.8 Å². The quantitative estimate of drug-likeness (QED) is 0.458. The number of hydrogen-bond donors (Lipinski definition) is 2. The van der Waals surface area contributed by atoms with Gasteiger partial charge in [0.2, 0.25) is 5.91 Å². The molecule has 1 saturated heterocycles. The number of anilines is 1. The standard InChI is InChI=1S/C23H26N2O5S/c1-16-8-10-17(11-9-16)25-22(27)15-31-20-7-3-2-6-19(20)23(28)30-14-21(26)24-13-18-5-4-12-29-18/h2-3,6-11,18H,4-5,12-15H2,1H3,(H,24,26)(H,25,27)/t18-/m1/s1. The van der Waals surface area contributed by atoms with Gasteiger partial charge in [-0.3, -0.25) is 9.59 Å². The molecule has 1 aliphatic heterocycles. The summed E-state index contributed by atoms with van der Waals surface area (Å²) < 4.78 is 10.6. The van der Waals surface area contributed by atoms with E-state index >= 15 is 0 Å². The van der Waals surface area contributed by atoms with Crippen molar-refractivity contribution in [2.24, 2.45) is 0 Å². The first-order valence-corrected chi connectivity index (χ1v) is 11.1. The SMILES string of the molecule is Cc1ccc(NC(=O)CSc2ccccc2C(=O)OCC(=O)NC[C@H]2CCCO2)cc1. The van der Waals surface area contributed by atoms with Gasteiger partial charge in [0, 0.05) is 23.7 Å². The van der Waals surface area contributed by atoms with Crippen LogP contribution in [-0.4, -0.2) is 49.4 Å². The van der Waals surface area contributed by atoms with Gasteiger partial charge in [0.1, 0.15) is 0 Å². The normalized spacial score (nSPS) is 15.3. The van der Waals surface area contributed by atoms with Crippen molar-refractivity contribution < 1.29 is 23.9 Å². The van der Waals surface area contributed by atoms with Crippen LogP contribution in [0.15, 0.2) is 53.4 Å². The van der Waals surface area contributed by atoms with Crippen molar-refractivity contribution in [2.75, 3.05) is 30.8 Å². The Labute approximate surface area is 185 Å². The zero-order valence-corrected chi connectivity index (χ0v) is 18.2. The lowest BCUT2D eigenvalue weighted by Gasteiger charge is -2.12. The first-order valence-electron chi connectivity index (χ1n) is 10.1. The molecule has 1 aliphatic rings. The number of aryl methyl sites for hydroxylation is 1. The molecule has 2 aromatic carbocycles. The zero-order chi connectivity index (χ0) is 22.1. The number of hydrogen-bond acceptors (Lipinski definition) is 6. The van der Waals surface area contributed by atoms with Crippen LogP contribution in [0.3, 0.4) is 0 Å². The second kappa shape index (κ2) is 11.5. The Morgan fingerprint density at radius 3 is 2.61 bits per heavy atom. The summed E-state index contributed by atoms with van der Waals surface area (Å²) in [7, 11) is 0. The molecule has 0 aromatic heterocycles. The van der Waals surface area contributed by atoms with Gasteiger partial charge in [0.15, 0.2) is 6.61 Å². The number of thioether (sulfide) groups is 1. The monoisotopic (exact) mass is 442 g/mol. The Balaban J connectivity index is 1.47. The average Bonchev–Trinajstić information content (AvgIpc) is 3.30. The predicted octanol–water partition coefficient (Wildman–Crippen LogP) is 3.18. The van der Waals surface area contributed by atoms with Crippen molar-refractivity contribution in [1.29, 1.82) is 0 Å². The zero-order valence-electron chi connectivity index (χ0n) is 17.4. The minimum absolute atomic E-state index is 0.0304. The molecule has 0 aliphatic carbocycles. The smallest absolute Gasteiger partial charge is 0.339 e. The van der Waals surface area contributed by atoms with Crippen LogP contribution < -0.4 is 10.6 Å². The summed E-state index contributed by atoms with van der Waals surface area (Å²) in [6.07, 6.45) is 1.94. The molecule has 0 saturated carbocycles. The highest BCUT2D eigenvalue weighted by Gasteiger charge is 2.18. The van der Waals surface area contributed by atoms with Crippen LogP contribution in [0.5, 0.6) is 0 Å². The summed E-state index contributed by atoms with van der Waals surface area (Å²) in [6.45, 7) is 2.75. The fraction of sp³-hybridized carbons (Fsp3) is 0.348. The van der Waals surface area contributed by atoms with Crippen LogP contribution in [0.1, 0.15) is 28.8 Å². The first kappa shape index (κ1) is 22.8. The van der Waals surface area contributed by atoms with E-state index in [-0.39, 0.29) is 30.3 Å². The van der Waals surface area contributed by atoms with Crippen LogP contribution >= 0.6 is 11.8 Å². The van der Waals surface area contributed by atoms with Gasteiger partial charge < -0.3 is 20.1 Å². The van der Waals surface area contributed by atoms with Gasteiger partial charge in [-0.15, -0.1) is 11.8 Å². The molecule has 2 N–H and O–H groups in total. The van der Waals surface area contributed by atoms with Crippen molar-refractivity contribution in [1.82, 2.24) is 5.32 Å². The fourth-order valence-electron chi connectivity index (χ4n) is 3.03. The van der Waals surface area contributed by atoms with Gasteiger partial charge in [-0.2, -0.15) is 0 Å². The lowest BCUT2D eigenvalue weighted by molar-refractivity contribution is -0.124. The van der Waals surface area contributed by atoms with Gasteiger partial charge in [0.25, 0.3) is 5.91 Å². The molecule has 0 radical (unpaired) electrons. The van der Waals surface area contributed by atoms with Gasteiger partial charge in [-0.05, 0) is 44.0 Å². The molecule has 8 heteroatoms. The Morgan fingerprint density at radius 2 is 1.87 bits per heavy atom. The number of amides is 2. The highest BCUT2D eigenvalue weighted by molar-refractivity contribution is 8.00. The second-order valence-electron chi connectivity index (χ2n) is 7.21. The summed E-state index contributed by atoms with van der Waals surface area (Å²) in [6, 6.07) is 14.4. The molecule has 0 unspecified atom stereocenters. The van der Waals surface area contributed by atoms with E-state index in [2.05, 4.69) is 10.6 Å². The molecular formula is C23H26N2O5S. The summed E-state index contributed by atoms with van der Waals surface area (Å²) in [5, 5.41) is 5.54. The molecule has 1 atom stereocenters. The van der Waals surface area contributed by atoms with E-state index in [4.69, 9.17) is 9.47 Å². The van der Waals surface area contributed by atoms with Crippen LogP contribution in [0.4, 0.5) is 5.69 Å². The maximum absolute atomic E-state index is 12.5. The van der Waals surface area contributed by atoms with Crippen LogP contribution in [-0.2, 0) is 19.1 Å². The van der Waals surface area contributed by atoms with Crippen molar-refractivity contribution >= 4 is 35.2 Å². The number of esters is 1. The first-order chi connectivity index (χ1) is 15.0. The van der Waals surface area contributed by atoms with Gasteiger partial charge >= 0.3 is 5.97 Å². The Kier molecular flexibility index (Phi) is 8.49. The lowest BCUT2D eigenvalue weighted by atomic mass is 10.2. The fourth-order valence-corrected chi connectivity index (χ4v) is 3.87. The largest absolute Gasteiger partial charge is 0.452 e.